The van der Waals surface area contributed by atoms with Crippen LogP contribution in [0.2, 0.25) is 18.1 Å². The number of rotatable bonds is 7. The van der Waals surface area contributed by atoms with Gasteiger partial charge >= 0.3 is 0 Å². The summed E-state index contributed by atoms with van der Waals surface area (Å²) in [6.45, 7) is 12.3. The lowest BCUT2D eigenvalue weighted by Crippen LogP contribution is -2.40. The van der Waals surface area contributed by atoms with Gasteiger partial charge in [-0.15, -0.1) is 0 Å². The Bertz CT molecular complexity index is 255. The van der Waals surface area contributed by atoms with Crippen molar-refractivity contribution in [3.63, 3.8) is 0 Å². The molecule has 0 radical (unpaired) electrons. The van der Waals surface area contributed by atoms with Gasteiger partial charge in [0.1, 0.15) is 6.29 Å². The molecule has 0 unspecified atom stereocenters. The summed E-state index contributed by atoms with van der Waals surface area (Å²) in [5.41, 5.74) is 0. The summed E-state index contributed by atoms with van der Waals surface area (Å²) in [6, 6.07) is 0. The first-order valence-corrected chi connectivity index (χ1v) is 9.76. The highest BCUT2D eigenvalue weighted by Crippen LogP contribution is 2.44. The minimum Gasteiger partial charge on any atom is -0.417 e. The molecule has 0 bridgehead atoms. The highest BCUT2D eigenvalue weighted by Gasteiger charge is 2.38. The molecule has 0 aliphatic heterocycles. The van der Waals surface area contributed by atoms with Crippen molar-refractivity contribution in [1.29, 1.82) is 0 Å². The van der Waals surface area contributed by atoms with Gasteiger partial charge < -0.3 is 9.22 Å². The minimum absolute atomic E-state index is 0.312. The molecule has 0 aromatic heterocycles. The summed E-state index contributed by atoms with van der Waals surface area (Å²) < 4.78 is 6.14. The fraction of sp³-hybridized carbons (Fsp3) is 0.929. The smallest absolute Gasteiger partial charge is 0.191 e. The van der Waals surface area contributed by atoms with E-state index in [9.17, 15) is 4.79 Å². The van der Waals surface area contributed by atoms with Crippen LogP contribution in [0.15, 0.2) is 0 Å². The van der Waals surface area contributed by atoms with Crippen LogP contribution >= 0.6 is 0 Å². The summed E-state index contributed by atoms with van der Waals surface area (Å²) in [4.78, 5) is 10.4. The lowest BCUT2D eigenvalue weighted by Gasteiger charge is -2.36. The second-order valence-electron chi connectivity index (χ2n) is 6.91. The third kappa shape index (κ3) is 4.55. The molecule has 1 fully saturated rings. The summed E-state index contributed by atoms with van der Waals surface area (Å²) in [5, 5.41) is 0.312. The second kappa shape index (κ2) is 5.66. The third-order valence-corrected chi connectivity index (χ3v) is 8.99. The monoisotopic (exact) mass is 256 g/mol. The quantitative estimate of drug-likeness (QED) is 0.391. The fourth-order valence-corrected chi connectivity index (χ4v) is 3.05. The predicted octanol–water partition coefficient (Wildman–Crippen LogP) is 4.01. The highest BCUT2D eigenvalue weighted by atomic mass is 28.4. The van der Waals surface area contributed by atoms with Crippen LogP contribution < -0.4 is 0 Å². The topological polar surface area (TPSA) is 26.3 Å². The summed E-state index contributed by atoms with van der Waals surface area (Å²) in [6.07, 6.45) is 5.50. The molecule has 2 atom stereocenters. The molecule has 1 aliphatic rings. The highest BCUT2D eigenvalue weighted by molar-refractivity contribution is 6.74. The molecule has 17 heavy (non-hydrogen) atoms. The Labute approximate surface area is 107 Å². The number of aldehydes is 1. The molecule has 0 aromatic rings. The van der Waals surface area contributed by atoms with Crippen molar-refractivity contribution in [3.05, 3.63) is 0 Å². The van der Waals surface area contributed by atoms with Gasteiger partial charge in [-0.3, -0.25) is 0 Å². The Hall–Kier alpha value is -0.153. The third-order valence-electron chi connectivity index (χ3n) is 4.46. The van der Waals surface area contributed by atoms with Crippen LogP contribution in [0.25, 0.3) is 0 Å². The zero-order valence-corrected chi connectivity index (χ0v) is 13.1. The largest absolute Gasteiger partial charge is 0.417 e. The first-order chi connectivity index (χ1) is 7.78. The molecule has 0 saturated heterocycles. The van der Waals surface area contributed by atoms with E-state index < -0.39 is 8.32 Å². The summed E-state index contributed by atoms with van der Waals surface area (Å²) in [7, 11) is -1.54. The van der Waals surface area contributed by atoms with Gasteiger partial charge in [-0.05, 0) is 49.2 Å². The molecule has 0 aromatic carbocycles. The maximum absolute atomic E-state index is 10.4. The molecule has 3 heteroatoms. The van der Waals surface area contributed by atoms with Crippen molar-refractivity contribution in [2.45, 2.75) is 64.6 Å². The number of hydrogen-bond acceptors (Lipinski definition) is 2. The number of hydrogen-bond donors (Lipinski definition) is 0. The molecular formula is C14H28O2Si. The first kappa shape index (κ1) is 14.9. The molecule has 0 spiro atoms. The molecule has 0 N–H and O–H groups in total. The van der Waals surface area contributed by atoms with Gasteiger partial charge in [0.15, 0.2) is 8.32 Å². The standard InChI is InChI=1S/C14H28O2Si/c1-14(2,3)17(4,5)16-10-6-7-12-11-13(12)8-9-15/h9,12-13H,6-8,10-11H2,1-5H3/t12-,13+/m0/s1. The van der Waals surface area contributed by atoms with Crippen molar-refractivity contribution in [2.75, 3.05) is 6.61 Å². The van der Waals surface area contributed by atoms with E-state index in [-0.39, 0.29) is 0 Å². The summed E-state index contributed by atoms with van der Waals surface area (Å²) in [5.74, 6) is 1.50. The molecule has 2 nitrogen and oxygen atoms in total. The van der Waals surface area contributed by atoms with E-state index >= 15 is 0 Å². The van der Waals surface area contributed by atoms with Gasteiger partial charge in [0.25, 0.3) is 0 Å². The zero-order chi connectivity index (χ0) is 13.1. The fourth-order valence-electron chi connectivity index (χ4n) is 1.97. The first-order valence-electron chi connectivity index (χ1n) is 6.85. The van der Waals surface area contributed by atoms with E-state index in [0.717, 1.165) is 31.7 Å². The second-order valence-corrected chi connectivity index (χ2v) is 11.7. The molecule has 0 heterocycles. The van der Waals surface area contributed by atoms with E-state index in [2.05, 4.69) is 33.9 Å². The zero-order valence-electron chi connectivity index (χ0n) is 12.1. The van der Waals surface area contributed by atoms with Crippen LogP contribution in [0.5, 0.6) is 0 Å². The van der Waals surface area contributed by atoms with Crippen LogP contribution in [0.3, 0.4) is 0 Å². The van der Waals surface area contributed by atoms with E-state index in [1.165, 1.54) is 12.8 Å². The maximum Gasteiger partial charge on any atom is 0.191 e. The van der Waals surface area contributed by atoms with Crippen molar-refractivity contribution < 1.29 is 9.22 Å². The number of carbonyl (C=O) groups is 1. The van der Waals surface area contributed by atoms with Crippen LogP contribution in [0.4, 0.5) is 0 Å². The average Bonchev–Trinajstić information content (AvgIpc) is 2.90. The Balaban J connectivity index is 2.11. The lowest BCUT2D eigenvalue weighted by molar-refractivity contribution is -0.108. The Morgan fingerprint density at radius 3 is 2.47 bits per heavy atom. The van der Waals surface area contributed by atoms with Gasteiger partial charge in [-0.25, -0.2) is 0 Å². The molecule has 1 aliphatic carbocycles. The van der Waals surface area contributed by atoms with Gasteiger partial charge in [0.05, 0.1) is 0 Å². The van der Waals surface area contributed by atoms with Crippen LogP contribution in [0.1, 0.15) is 46.5 Å². The van der Waals surface area contributed by atoms with Crippen molar-refractivity contribution >= 4 is 14.6 Å². The van der Waals surface area contributed by atoms with Crippen LogP contribution in [-0.4, -0.2) is 21.2 Å². The van der Waals surface area contributed by atoms with E-state index in [1.54, 1.807) is 0 Å². The maximum atomic E-state index is 10.4. The Morgan fingerprint density at radius 1 is 1.29 bits per heavy atom. The lowest BCUT2D eigenvalue weighted by atomic mass is 10.2. The van der Waals surface area contributed by atoms with Crippen molar-refractivity contribution in [2.24, 2.45) is 11.8 Å². The Morgan fingerprint density at radius 2 is 1.94 bits per heavy atom. The molecular weight excluding hydrogens is 228 g/mol. The predicted molar refractivity (Wildman–Crippen MR) is 74.7 cm³/mol. The van der Waals surface area contributed by atoms with Gasteiger partial charge in [-0.2, -0.15) is 0 Å². The molecule has 1 rings (SSSR count). The average molecular weight is 256 g/mol. The molecule has 0 amide bonds. The summed E-state index contributed by atoms with van der Waals surface area (Å²) >= 11 is 0. The van der Waals surface area contributed by atoms with Crippen molar-refractivity contribution in [3.8, 4) is 0 Å². The Kier molecular flexibility index (Phi) is 4.96. The van der Waals surface area contributed by atoms with Crippen LogP contribution in [0, 0.1) is 11.8 Å². The van der Waals surface area contributed by atoms with Crippen LogP contribution in [-0.2, 0) is 9.22 Å². The van der Waals surface area contributed by atoms with Gasteiger partial charge in [0, 0.05) is 13.0 Å². The number of carbonyl (C=O) groups excluding carboxylic acids is 1. The van der Waals surface area contributed by atoms with E-state index in [4.69, 9.17) is 4.43 Å². The van der Waals surface area contributed by atoms with E-state index in [1.807, 2.05) is 0 Å². The van der Waals surface area contributed by atoms with Crippen molar-refractivity contribution in [1.82, 2.24) is 0 Å². The molecule has 100 valence electrons. The van der Waals surface area contributed by atoms with E-state index in [0.29, 0.717) is 11.0 Å². The van der Waals surface area contributed by atoms with Gasteiger partial charge in [0.2, 0.25) is 0 Å². The van der Waals surface area contributed by atoms with Gasteiger partial charge in [-0.1, -0.05) is 20.8 Å². The minimum atomic E-state index is -1.54. The molecule has 1 saturated carbocycles. The normalized spacial score (nSPS) is 24.8. The SMILES string of the molecule is CC(C)(C)[Si](C)(C)OCCC[C@H]1C[C@H]1CC=O.